The van der Waals surface area contributed by atoms with Crippen LogP contribution >= 0.6 is 11.8 Å². The van der Waals surface area contributed by atoms with Gasteiger partial charge in [0.1, 0.15) is 0 Å². The number of nitrogens with zero attached hydrogens (tertiary/aromatic N) is 1. The van der Waals surface area contributed by atoms with E-state index >= 15 is 0 Å². The highest BCUT2D eigenvalue weighted by atomic mass is 32.2. The van der Waals surface area contributed by atoms with Crippen LogP contribution in [-0.4, -0.2) is 52.4 Å². The number of hydrogen-bond acceptors (Lipinski definition) is 3. The third-order valence-electron chi connectivity index (χ3n) is 3.09. The van der Waals surface area contributed by atoms with E-state index in [4.69, 9.17) is 5.11 Å². The van der Waals surface area contributed by atoms with Gasteiger partial charge in [0.25, 0.3) is 0 Å². The molecule has 0 aliphatic rings. The predicted octanol–water partition coefficient (Wildman–Crippen LogP) is 2.89. The van der Waals surface area contributed by atoms with Crippen molar-refractivity contribution in [2.75, 3.05) is 31.2 Å². The second-order valence-corrected chi connectivity index (χ2v) is 5.95. The van der Waals surface area contributed by atoms with Gasteiger partial charge in [-0.15, -0.1) is 0 Å². The lowest BCUT2D eigenvalue weighted by molar-refractivity contribution is 0.143. The lowest BCUT2D eigenvalue weighted by Gasteiger charge is -2.23. The Morgan fingerprint density at radius 2 is 2.00 bits per heavy atom. The minimum atomic E-state index is -0.861. The fraction of sp³-hybridized carbons (Fsp3) is 0.533. The Morgan fingerprint density at radius 3 is 2.60 bits per heavy atom. The zero-order valence-electron chi connectivity index (χ0n) is 11.9. The van der Waals surface area contributed by atoms with Crippen molar-refractivity contribution in [2.24, 2.45) is 0 Å². The van der Waals surface area contributed by atoms with Crippen molar-refractivity contribution >= 4 is 17.9 Å². The molecular formula is C15H23NO3S. The van der Waals surface area contributed by atoms with E-state index in [2.05, 4.69) is 0 Å². The second-order valence-electron chi connectivity index (χ2n) is 4.73. The highest BCUT2D eigenvalue weighted by Gasteiger charge is 2.16. The summed E-state index contributed by atoms with van der Waals surface area (Å²) in [7, 11) is 0. The van der Waals surface area contributed by atoms with Crippen molar-refractivity contribution in [1.29, 1.82) is 0 Å². The molecule has 5 heteroatoms. The van der Waals surface area contributed by atoms with Crippen LogP contribution in [-0.2, 0) is 0 Å². The molecule has 0 heterocycles. The topological polar surface area (TPSA) is 60.8 Å². The quantitative estimate of drug-likeness (QED) is 0.688. The number of benzene rings is 1. The average Bonchev–Trinajstić information content (AvgIpc) is 2.46. The van der Waals surface area contributed by atoms with E-state index in [9.17, 15) is 9.90 Å². The van der Waals surface area contributed by atoms with Crippen LogP contribution < -0.4 is 0 Å². The van der Waals surface area contributed by atoms with E-state index in [0.717, 1.165) is 17.7 Å². The van der Waals surface area contributed by atoms with Gasteiger partial charge in [0.2, 0.25) is 0 Å². The fourth-order valence-electron chi connectivity index (χ4n) is 2.01. The maximum absolute atomic E-state index is 11.3. The molecule has 0 aromatic heterocycles. The summed E-state index contributed by atoms with van der Waals surface area (Å²) >= 11 is 1.65. The first kappa shape index (κ1) is 16.9. The largest absolute Gasteiger partial charge is 0.465 e. The van der Waals surface area contributed by atoms with Gasteiger partial charge >= 0.3 is 6.09 Å². The summed E-state index contributed by atoms with van der Waals surface area (Å²) in [6, 6.07) is 9.97. The lowest BCUT2D eigenvalue weighted by Crippen LogP contribution is -2.34. The number of aliphatic hydroxyl groups excluding tert-OH is 1. The molecule has 0 radical (unpaired) electrons. The molecule has 4 nitrogen and oxygen atoms in total. The monoisotopic (exact) mass is 297 g/mol. The summed E-state index contributed by atoms with van der Waals surface area (Å²) in [6.45, 7) is 3.29. The first-order chi connectivity index (χ1) is 9.65. The molecule has 0 saturated carbocycles. The van der Waals surface area contributed by atoms with Gasteiger partial charge in [0, 0.05) is 18.8 Å². The SMILES string of the molecule is CC(CN(CCCSCCO)C(=O)O)c1ccccc1. The molecule has 0 fully saturated rings. The number of amides is 1. The lowest BCUT2D eigenvalue weighted by atomic mass is 10.0. The summed E-state index contributed by atoms with van der Waals surface area (Å²) in [6.07, 6.45) is -0.0432. The number of aliphatic hydroxyl groups is 1. The van der Waals surface area contributed by atoms with Gasteiger partial charge in [-0.2, -0.15) is 11.8 Å². The van der Waals surface area contributed by atoms with Crippen LogP contribution in [0.4, 0.5) is 4.79 Å². The fourth-order valence-corrected chi connectivity index (χ4v) is 2.67. The Bertz CT molecular complexity index is 386. The van der Waals surface area contributed by atoms with Crippen LogP contribution in [0.5, 0.6) is 0 Å². The van der Waals surface area contributed by atoms with E-state index in [1.807, 2.05) is 37.3 Å². The van der Waals surface area contributed by atoms with Gasteiger partial charge in [0.15, 0.2) is 0 Å². The molecule has 1 unspecified atom stereocenters. The van der Waals surface area contributed by atoms with Gasteiger partial charge in [-0.25, -0.2) is 4.79 Å². The Morgan fingerprint density at radius 1 is 1.30 bits per heavy atom. The van der Waals surface area contributed by atoms with Crippen LogP contribution in [0.1, 0.15) is 24.8 Å². The van der Waals surface area contributed by atoms with Gasteiger partial charge in [0.05, 0.1) is 6.61 Å². The number of carboxylic acid groups (broad SMARTS) is 1. The summed E-state index contributed by atoms with van der Waals surface area (Å²) in [5.74, 6) is 1.79. The molecule has 20 heavy (non-hydrogen) atoms. The zero-order valence-corrected chi connectivity index (χ0v) is 12.7. The molecule has 0 aliphatic heterocycles. The van der Waals surface area contributed by atoms with Crippen LogP contribution in [0.25, 0.3) is 0 Å². The van der Waals surface area contributed by atoms with Crippen molar-refractivity contribution in [3.63, 3.8) is 0 Å². The van der Waals surface area contributed by atoms with Crippen molar-refractivity contribution in [2.45, 2.75) is 19.3 Å². The molecule has 0 saturated heterocycles. The molecule has 112 valence electrons. The van der Waals surface area contributed by atoms with E-state index < -0.39 is 6.09 Å². The summed E-state index contributed by atoms with van der Waals surface area (Å²) in [4.78, 5) is 12.7. The van der Waals surface area contributed by atoms with Crippen molar-refractivity contribution in [3.8, 4) is 0 Å². The molecule has 0 bridgehead atoms. The Kier molecular flexibility index (Phi) is 8.14. The number of rotatable bonds is 9. The van der Waals surface area contributed by atoms with E-state index in [1.54, 1.807) is 11.8 Å². The molecule has 1 rings (SSSR count). The number of carbonyl (C=O) groups is 1. The van der Waals surface area contributed by atoms with E-state index in [-0.39, 0.29) is 12.5 Å². The molecule has 0 spiro atoms. The summed E-state index contributed by atoms with van der Waals surface area (Å²) < 4.78 is 0. The molecule has 1 amide bonds. The molecule has 2 N–H and O–H groups in total. The van der Waals surface area contributed by atoms with Crippen molar-refractivity contribution < 1.29 is 15.0 Å². The second kappa shape index (κ2) is 9.66. The molecule has 1 atom stereocenters. The molecule has 1 aromatic carbocycles. The normalized spacial score (nSPS) is 12.1. The molecular weight excluding hydrogens is 274 g/mol. The van der Waals surface area contributed by atoms with Gasteiger partial charge in [-0.3, -0.25) is 0 Å². The standard InChI is InChI=1S/C15H23NO3S/c1-13(14-6-3-2-4-7-14)12-16(15(18)19)8-5-10-20-11-9-17/h2-4,6-7,13,17H,5,8-12H2,1H3,(H,18,19). The van der Waals surface area contributed by atoms with E-state index in [1.165, 1.54) is 4.90 Å². The van der Waals surface area contributed by atoms with E-state index in [0.29, 0.717) is 18.8 Å². The third kappa shape index (κ3) is 6.30. The average molecular weight is 297 g/mol. The molecule has 0 aliphatic carbocycles. The van der Waals surface area contributed by atoms with Gasteiger partial charge < -0.3 is 15.1 Å². The van der Waals surface area contributed by atoms with Crippen LogP contribution in [0.3, 0.4) is 0 Å². The van der Waals surface area contributed by atoms with Gasteiger partial charge in [-0.1, -0.05) is 37.3 Å². The van der Waals surface area contributed by atoms with Crippen LogP contribution in [0.15, 0.2) is 30.3 Å². The first-order valence-electron chi connectivity index (χ1n) is 6.86. The Balaban J connectivity index is 2.40. The van der Waals surface area contributed by atoms with Crippen molar-refractivity contribution in [3.05, 3.63) is 35.9 Å². The summed E-state index contributed by atoms with van der Waals surface area (Å²) in [5.41, 5.74) is 1.16. The highest BCUT2D eigenvalue weighted by molar-refractivity contribution is 7.99. The van der Waals surface area contributed by atoms with Gasteiger partial charge in [-0.05, 0) is 23.7 Å². The highest BCUT2D eigenvalue weighted by Crippen LogP contribution is 2.16. The number of hydrogen-bond donors (Lipinski definition) is 2. The minimum Gasteiger partial charge on any atom is -0.465 e. The third-order valence-corrected chi connectivity index (χ3v) is 4.13. The zero-order chi connectivity index (χ0) is 14.8. The first-order valence-corrected chi connectivity index (χ1v) is 8.02. The summed E-state index contributed by atoms with van der Waals surface area (Å²) in [5, 5.41) is 17.9. The maximum Gasteiger partial charge on any atom is 0.407 e. The smallest absolute Gasteiger partial charge is 0.407 e. The Hall–Kier alpha value is -1.20. The van der Waals surface area contributed by atoms with Crippen LogP contribution in [0, 0.1) is 0 Å². The maximum atomic E-state index is 11.3. The Labute approximate surface area is 124 Å². The van der Waals surface area contributed by atoms with Crippen LogP contribution in [0.2, 0.25) is 0 Å². The molecule has 1 aromatic rings. The minimum absolute atomic E-state index is 0.179. The van der Waals surface area contributed by atoms with Crippen molar-refractivity contribution in [1.82, 2.24) is 4.90 Å². The predicted molar refractivity (Wildman–Crippen MR) is 83.5 cm³/mol. The number of thioether (sulfide) groups is 1.